The summed E-state index contributed by atoms with van der Waals surface area (Å²) in [7, 11) is 0. The van der Waals surface area contributed by atoms with Gasteiger partial charge >= 0.3 is 0 Å². The zero-order valence-corrected chi connectivity index (χ0v) is 6.36. The SMILES string of the molecule is [Al].[C].[Ti].[Ti]. The monoisotopic (exact) mass is 135 g/mol. The van der Waals surface area contributed by atoms with Crippen molar-refractivity contribution >= 4 is 17.4 Å². The zero-order valence-electron chi connectivity index (χ0n) is 2.08. The first-order chi connectivity index (χ1) is 0. The topological polar surface area (TPSA) is 0 Å². The van der Waals surface area contributed by atoms with E-state index in [-0.39, 0.29) is 68.2 Å². The van der Waals surface area contributed by atoms with Crippen molar-refractivity contribution in [2.24, 2.45) is 0 Å². The van der Waals surface area contributed by atoms with Gasteiger partial charge in [0.05, 0.1) is 0 Å². The van der Waals surface area contributed by atoms with Crippen LogP contribution in [0.4, 0.5) is 0 Å². The average Bonchev–Trinajstić information content (AvgIpc) is 0. The molecule has 0 aromatic heterocycles. The summed E-state index contributed by atoms with van der Waals surface area (Å²) < 4.78 is 0. The second-order valence-corrected chi connectivity index (χ2v) is 0. The molecule has 0 fully saturated rings. The van der Waals surface area contributed by atoms with E-state index in [0.717, 1.165) is 0 Å². The van der Waals surface area contributed by atoms with E-state index in [4.69, 9.17) is 0 Å². The smallest absolute Gasteiger partial charge is 0 e. The molecule has 0 spiro atoms. The van der Waals surface area contributed by atoms with Crippen molar-refractivity contribution in [3.63, 3.8) is 0 Å². The second-order valence-electron chi connectivity index (χ2n) is 0. The van der Waals surface area contributed by atoms with Gasteiger partial charge in [-0.2, -0.15) is 0 Å². The van der Waals surface area contributed by atoms with Gasteiger partial charge < -0.3 is 0 Å². The predicted octanol–water partition coefficient (Wildman–Crippen LogP) is -0.305. The van der Waals surface area contributed by atoms with E-state index in [9.17, 15) is 0 Å². The molecule has 0 aromatic carbocycles. The van der Waals surface area contributed by atoms with Crippen molar-refractivity contribution < 1.29 is 43.4 Å². The summed E-state index contributed by atoms with van der Waals surface area (Å²) in [6.07, 6.45) is 0. The Morgan fingerprint density at radius 3 is 0.750 bits per heavy atom. The minimum absolute atomic E-state index is 0. The number of rotatable bonds is 0. The minimum atomic E-state index is 0. The molecule has 3 heteroatoms. The fourth-order valence-corrected chi connectivity index (χ4v) is 0. The Morgan fingerprint density at radius 2 is 0.750 bits per heavy atom. The standard InChI is InChI=1S/C.Al.2Ti. The Hall–Kier alpha value is 1.96. The molecule has 0 N–H and O–H groups in total. The van der Waals surface area contributed by atoms with Crippen LogP contribution in [0.3, 0.4) is 0 Å². The van der Waals surface area contributed by atoms with Gasteiger partial charge in [0, 0.05) is 68.2 Å². The number of hydrogen-bond acceptors (Lipinski definition) is 0. The third-order valence-corrected chi connectivity index (χ3v) is 0. The van der Waals surface area contributed by atoms with Gasteiger partial charge in [-0.15, -0.1) is 0 Å². The van der Waals surface area contributed by atoms with Crippen LogP contribution in [0.1, 0.15) is 0 Å². The molecular formula is CAlTi2. The minimum Gasteiger partial charge on any atom is 0 e. The first-order valence-corrected chi connectivity index (χ1v) is 0. The molecule has 0 bridgehead atoms. The molecule has 0 nitrogen and oxygen atoms in total. The van der Waals surface area contributed by atoms with Gasteiger partial charge in [0.1, 0.15) is 0 Å². The molecule has 0 aliphatic rings. The summed E-state index contributed by atoms with van der Waals surface area (Å²) in [5.74, 6) is 0. The molecule has 15 valence electrons. The Labute approximate surface area is 67.6 Å². The molecule has 0 amide bonds. The summed E-state index contributed by atoms with van der Waals surface area (Å²) in [5, 5.41) is 0. The quantitative estimate of drug-likeness (QED) is 0.399. The Kier molecular flexibility index (Phi) is 193. The van der Waals surface area contributed by atoms with Gasteiger partial charge in [-0.25, -0.2) is 0 Å². The second kappa shape index (κ2) is 20.2. The average molecular weight is 135 g/mol. The molecule has 0 saturated heterocycles. The van der Waals surface area contributed by atoms with Gasteiger partial charge in [0.2, 0.25) is 0 Å². The molecule has 7 radical (unpaired) electrons. The third-order valence-electron chi connectivity index (χ3n) is 0. The van der Waals surface area contributed by atoms with E-state index >= 15 is 0 Å². The van der Waals surface area contributed by atoms with Crippen molar-refractivity contribution in [3.05, 3.63) is 7.43 Å². The molecule has 0 aliphatic heterocycles. The van der Waals surface area contributed by atoms with E-state index in [2.05, 4.69) is 0 Å². The van der Waals surface area contributed by atoms with Crippen LogP contribution in [0.2, 0.25) is 0 Å². The van der Waals surface area contributed by atoms with Crippen molar-refractivity contribution in [2.45, 2.75) is 0 Å². The molecule has 0 saturated carbocycles. The van der Waals surface area contributed by atoms with Gasteiger partial charge in [-0.05, 0) is 0 Å². The van der Waals surface area contributed by atoms with Crippen LogP contribution >= 0.6 is 0 Å². The predicted molar refractivity (Wildman–Crippen MR) is 9.00 cm³/mol. The van der Waals surface area contributed by atoms with E-state index < -0.39 is 0 Å². The summed E-state index contributed by atoms with van der Waals surface area (Å²) in [4.78, 5) is 0. The molecular weight excluding hydrogens is 135 g/mol. The first kappa shape index (κ1) is 38.2. The zero-order chi connectivity index (χ0) is 0. The normalized spacial score (nSPS) is 0. The van der Waals surface area contributed by atoms with Crippen molar-refractivity contribution in [3.8, 4) is 0 Å². The van der Waals surface area contributed by atoms with Gasteiger partial charge in [0.25, 0.3) is 0 Å². The van der Waals surface area contributed by atoms with Crippen LogP contribution in [0, 0.1) is 7.43 Å². The van der Waals surface area contributed by atoms with Crippen LogP contribution < -0.4 is 0 Å². The van der Waals surface area contributed by atoms with Crippen molar-refractivity contribution in [1.82, 2.24) is 0 Å². The van der Waals surface area contributed by atoms with E-state index in [1.807, 2.05) is 0 Å². The van der Waals surface area contributed by atoms with E-state index in [1.54, 1.807) is 0 Å². The third kappa shape index (κ3) is 9.03. The fraction of sp³-hybridized carbons (Fsp3) is 0. The van der Waals surface area contributed by atoms with Crippen LogP contribution in [0.15, 0.2) is 0 Å². The molecule has 0 unspecified atom stereocenters. The van der Waals surface area contributed by atoms with Crippen LogP contribution in [0.25, 0.3) is 0 Å². The van der Waals surface area contributed by atoms with Crippen LogP contribution in [-0.4, -0.2) is 17.4 Å². The molecule has 0 heterocycles. The van der Waals surface area contributed by atoms with E-state index in [1.165, 1.54) is 0 Å². The molecule has 4 heavy (non-hydrogen) atoms. The number of hydrogen-bond donors (Lipinski definition) is 0. The molecule has 0 rings (SSSR count). The maximum atomic E-state index is 0. The maximum Gasteiger partial charge on any atom is 0 e. The summed E-state index contributed by atoms with van der Waals surface area (Å²) in [5.41, 5.74) is 0. The molecule has 0 aliphatic carbocycles. The molecule has 0 atom stereocenters. The Bertz CT molecular complexity index is 6.00. The van der Waals surface area contributed by atoms with Gasteiger partial charge in [0.15, 0.2) is 0 Å². The first-order valence-electron chi connectivity index (χ1n) is 0. The van der Waals surface area contributed by atoms with Crippen LogP contribution in [0.5, 0.6) is 0 Å². The van der Waals surface area contributed by atoms with Crippen LogP contribution in [-0.2, 0) is 43.4 Å². The summed E-state index contributed by atoms with van der Waals surface area (Å²) in [6.45, 7) is 0. The van der Waals surface area contributed by atoms with Crippen molar-refractivity contribution in [1.29, 1.82) is 0 Å². The summed E-state index contributed by atoms with van der Waals surface area (Å²) in [6, 6.07) is 0. The fourth-order valence-electron chi connectivity index (χ4n) is 0. The largest absolute Gasteiger partial charge is 0 e. The van der Waals surface area contributed by atoms with Gasteiger partial charge in [-0.3, -0.25) is 0 Å². The molecule has 0 aromatic rings. The Morgan fingerprint density at radius 1 is 0.750 bits per heavy atom. The Balaban J connectivity index is 0. The van der Waals surface area contributed by atoms with E-state index in [0.29, 0.717) is 0 Å². The maximum absolute atomic E-state index is 0. The van der Waals surface area contributed by atoms with Gasteiger partial charge in [-0.1, -0.05) is 0 Å². The summed E-state index contributed by atoms with van der Waals surface area (Å²) >= 11 is 0. The van der Waals surface area contributed by atoms with Crippen molar-refractivity contribution in [2.75, 3.05) is 0 Å².